The number of pyridine rings is 1. The van der Waals surface area contributed by atoms with E-state index < -0.39 is 0 Å². The summed E-state index contributed by atoms with van der Waals surface area (Å²) in [6.07, 6.45) is 2.71. The third-order valence-electron chi connectivity index (χ3n) is 3.52. The highest BCUT2D eigenvalue weighted by Gasteiger charge is 2.16. The van der Waals surface area contributed by atoms with E-state index in [0.717, 1.165) is 43.8 Å². The molecule has 0 amide bonds. The van der Waals surface area contributed by atoms with E-state index in [1.54, 1.807) is 12.4 Å². The van der Waals surface area contributed by atoms with Crippen LogP contribution >= 0.6 is 0 Å². The maximum absolute atomic E-state index is 5.70. The molecule has 2 N–H and O–H groups in total. The molecule has 0 bridgehead atoms. The number of hydrogen-bond donors (Lipinski definition) is 1. The fraction of sp³-hybridized carbons (Fsp3) is 0.462. The number of rotatable bonds is 1. The monoisotopic (exact) mass is 258 g/mol. The number of nitrogens with zero attached hydrogens (tertiary/aromatic N) is 5. The topological polar surface area (TPSA) is 71.2 Å². The van der Waals surface area contributed by atoms with Crippen LogP contribution < -0.4 is 10.6 Å². The minimum absolute atomic E-state index is 0.493. The average molecular weight is 258 g/mol. The van der Waals surface area contributed by atoms with E-state index in [4.69, 9.17) is 5.73 Å². The van der Waals surface area contributed by atoms with E-state index in [9.17, 15) is 0 Å². The van der Waals surface area contributed by atoms with Crippen molar-refractivity contribution in [2.75, 3.05) is 43.9 Å². The summed E-state index contributed by atoms with van der Waals surface area (Å²) in [4.78, 5) is 17.6. The normalized spacial score (nSPS) is 17.6. The molecule has 0 unspecified atom stereocenters. The molecular formula is C13H18N6. The van der Waals surface area contributed by atoms with E-state index in [1.807, 2.05) is 6.07 Å². The quantitative estimate of drug-likeness (QED) is 0.814. The predicted molar refractivity (Wildman–Crippen MR) is 76.1 cm³/mol. The van der Waals surface area contributed by atoms with Gasteiger partial charge in [-0.2, -0.15) is 0 Å². The van der Waals surface area contributed by atoms with Gasteiger partial charge in [-0.3, -0.25) is 0 Å². The van der Waals surface area contributed by atoms with Gasteiger partial charge in [0.05, 0.1) is 5.39 Å². The Kier molecular flexibility index (Phi) is 3.16. The number of aromatic nitrogens is 3. The number of nitrogens with two attached hydrogens (primary N) is 1. The average Bonchev–Trinajstić information content (AvgIpc) is 2.62. The van der Waals surface area contributed by atoms with Crippen LogP contribution in [0, 0.1) is 0 Å². The summed E-state index contributed by atoms with van der Waals surface area (Å²) in [7, 11) is 2.16. The lowest BCUT2D eigenvalue weighted by Crippen LogP contribution is -2.29. The van der Waals surface area contributed by atoms with E-state index >= 15 is 0 Å². The maximum atomic E-state index is 5.70. The Hall–Kier alpha value is -1.95. The largest absolute Gasteiger partial charge is 0.384 e. The van der Waals surface area contributed by atoms with Gasteiger partial charge < -0.3 is 15.5 Å². The molecule has 3 heterocycles. The summed E-state index contributed by atoms with van der Waals surface area (Å²) in [6, 6.07) is 3.76. The van der Waals surface area contributed by atoms with Gasteiger partial charge >= 0.3 is 0 Å². The highest BCUT2D eigenvalue weighted by atomic mass is 15.2. The van der Waals surface area contributed by atoms with Crippen LogP contribution in [0.25, 0.3) is 11.0 Å². The summed E-state index contributed by atoms with van der Waals surface area (Å²) < 4.78 is 0. The summed E-state index contributed by atoms with van der Waals surface area (Å²) >= 11 is 0. The molecule has 0 aromatic carbocycles. The molecule has 3 rings (SSSR count). The number of hydrogen-bond acceptors (Lipinski definition) is 6. The number of anilines is 2. The third kappa shape index (κ3) is 2.44. The Morgan fingerprint density at radius 3 is 2.89 bits per heavy atom. The van der Waals surface area contributed by atoms with Gasteiger partial charge in [0.2, 0.25) is 0 Å². The molecule has 1 saturated heterocycles. The Balaban J connectivity index is 2.00. The second-order valence-electron chi connectivity index (χ2n) is 4.95. The van der Waals surface area contributed by atoms with Gasteiger partial charge in [0.1, 0.15) is 18.0 Å². The fourth-order valence-electron chi connectivity index (χ4n) is 2.45. The number of nitrogen functional groups attached to an aromatic ring is 1. The van der Waals surface area contributed by atoms with Gasteiger partial charge in [-0.1, -0.05) is 0 Å². The Bertz CT molecular complexity index is 584. The first kappa shape index (κ1) is 12.1. The molecule has 0 radical (unpaired) electrons. The molecule has 1 aliphatic rings. The minimum atomic E-state index is 0.493. The second-order valence-corrected chi connectivity index (χ2v) is 4.95. The Morgan fingerprint density at radius 2 is 2.00 bits per heavy atom. The highest BCUT2D eigenvalue weighted by Crippen LogP contribution is 2.23. The van der Waals surface area contributed by atoms with Gasteiger partial charge in [-0.15, -0.1) is 0 Å². The second kappa shape index (κ2) is 4.97. The molecule has 1 aliphatic heterocycles. The van der Waals surface area contributed by atoms with Gasteiger partial charge in [0, 0.05) is 19.6 Å². The van der Waals surface area contributed by atoms with Gasteiger partial charge in [0.15, 0.2) is 5.65 Å². The molecule has 1 fully saturated rings. The van der Waals surface area contributed by atoms with Crippen LogP contribution in [0.5, 0.6) is 0 Å². The van der Waals surface area contributed by atoms with Crippen molar-refractivity contribution in [3.05, 3.63) is 18.5 Å². The van der Waals surface area contributed by atoms with Crippen LogP contribution in [-0.2, 0) is 0 Å². The summed E-state index contributed by atoms with van der Waals surface area (Å²) in [5.41, 5.74) is 6.37. The van der Waals surface area contributed by atoms with Crippen molar-refractivity contribution in [3.63, 3.8) is 0 Å². The summed E-state index contributed by atoms with van der Waals surface area (Å²) in [5.74, 6) is 1.46. The third-order valence-corrected chi connectivity index (χ3v) is 3.52. The summed E-state index contributed by atoms with van der Waals surface area (Å²) in [6.45, 7) is 4.17. The lowest BCUT2D eigenvalue weighted by atomic mass is 10.2. The zero-order chi connectivity index (χ0) is 13.2. The molecular weight excluding hydrogens is 240 g/mol. The Labute approximate surface area is 112 Å². The van der Waals surface area contributed by atoms with E-state index in [-0.39, 0.29) is 0 Å². The maximum Gasteiger partial charge on any atom is 0.166 e. The smallest absolute Gasteiger partial charge is 0.166 e. The van der Waals surface area contributed by atoms with Crippen LogP contribution in [-0.4, -0.2) is 53.1 Å². The van der Waals surface area contributed by atoms with E-state index in [2.05, 4.69) is 31.8 Å². The molecule has 2 aromatic heterocycles. The van der Waals surface area contributed by atoms with Gasteiger partial charge in [-0.05, 0) is 32.1 Å². The first-order chi connectivity index (χ1) is 9.24. The van der Waals surface area contributed by atoms with Crippen molar-refractivity contribution in [2.45, 2.75) is 6.42 Å². The molecule has 100 valence electrons. The molecule has 2 aromatic rings. The zero-order valence-corrected chi connectivity index (χ0v) is 11.1. The van der Waals surface area contributed by atoms with Crippen molar-refractivity contribution in [3.8, 4) is 0 Å². The van der Waals surface area contributed by atoms with Crippen LogP contribution in [0.4, 0.5) is 11.6 Å². The van der Waals surface area contributed by atoms with Gasteiger partial charge in [0.25, 0.3) is 0 Å². The molecule has 0 aliphatic carbocycles. The van der Waals surface area contributed by atoms with E-state index in [1.165, 1.54) is 0 Å². The molecule has 0 saturated carbocycles. The van der Waals surface area contributed by atoms with Crippen LogP contribution in [0.15, 0.2) is 18.5 Å². The SMILES string of the molecule is CN1CCCN(c2ncnc3nc(N)ccc23)CC1. The van der Waals surface area contributed by atoms with Crippen LogP contribution in [0.1, 0.15) is 6.42 Å². The first-order valence-corrected chi connectivity index (χ1v) is 6.55. The zero-order valence-electron chi connectivity index (χ0n) is 11.1. The fourth-order valence-corrected chi connectivity index (χ4v) is 2.45. The van der Waals surface area contributed by atoms with Crippen LogP contribution in [0.3, 0.4) is 0 Å². The molecule has 6 heteroatoms. The standard InChI is InChI=1S/C13H18N6/c1-18-5-2-6-19(8-7-18)13-10-3-4-11(14)17-12(10)15-9-16-13/h3-4,9H,2,5-8H2,1H3,(H2,14,15,16,17). The van der Waals surface area contributed by atoms with Crippen LogP contribution in [0.2, 0.25) is 0 Å². The first-order valence-electron chi connectivity index (χ1n) is 6.55. The number of likely N-dealkylation sites (N-methyl/N-ethyl adjacent to an activating group) is 1. The van der Waals surface area contributed by atoms with Crippen molar-refractivity contribution >= 4 is 22.7 Å². The lowest BCUT2D eigenvalue weighted by molar-refractivity contribution is 0.360. The van der Waals surface area contributed by atoms with E-state index in [0.29, 0.717) is 11.5 Å². The lowest BCUT2D eigenvalue weighted by Gasteiger charge is -2.22. The highest BCUT2D eigenvalue weighted by molar-refractivity contribution is 5.87. The van der Waals surface area contributed by atoms with Crippen molar-refractivity contribution in [1.29, 1.82) is 0 Å². The number of fused-ring (bicyclic) bond motifs is 1. The van der Waals surface area contributed by atoms with Crippen molar-refractivity contribution < 1.29 is 0 Å². The molecule has 6 nitrogen and oxygen atoms in total. The minimum Gasteiger partial charge on any atom is -0.384 e. The molecule has 19 heavy (non-hydrogen) atoms. The molecule has 0 atom stereocenters. The predicted octanol–water partition coefficient (Wildman–Crippen LogP) is 0.749. The molecule has 0 spiro atoms. The van der Waals surface area contributed by atoms with Gasteiger partial charge in [-0.25, -0.2) is 15.0 Å². The summed E-state index contributed by atoms with van der Waals surface area (Å²) in [5, 5.41) is 0.973. The van der Waals surface area contributed by atoms with Crippen molar-refractivity contribution in [1.82, 2.24) is 19.9 Å². The Morgan fingerprint density at radius 1 is 1.11 bits per heavy atom. The van der Waals surface area contributed by atoms with Crippen molar-refractivity contribution in [2.24, 2.45) is 0 Å².